The number of ether oxygens (including phenoxy) is 2. The second-order valence-electron chi connectivity index (χ2n) is 19.7. The first-order valence-electron chi connectivity index (χ1n) is 27.7. The largest absolute Gasteiger partial charge is 0.394 e. The Morgan fingerprint density at radius 3 is 1.13 bits per heavy atom. The van der Waals surface area contributed by atoms with Crippen LogP contribution in [0.25, 0.3) is 0 Å². The highest BCUT2D eigenvalue weighted by atomic mass is 16.7. The molecular formula is C54H107NO8. The van der Waals surface area contributed by atoms with Crippen LogP contribution in [0.3, 0.4) is 0 Å². The van der Waals surface area contributed by atoms with Crippen molar-refractivity contribution in [1.29, 1.82) is 0 Å². The van der Waals surface area contributed by atoms with E-state index >= 15 is 0 Å². The summed E-state index contributed by atoms with van der Waals surface area (Å²) in [5.41, 5.74) is 0. The fourth-order valence-electron chi connectivity index (χ4n) is 9.28. The van der Waals surface area contributed by atoms with Crippen molar-refractivity contribution in [3.63, 3.8) is 0 Å². The summed E-state index contributed by atoms with van der Waals surface area (Å²) in [5.74, 6) is -0.141. The van der Waals surface area contributed by atoms with E-state index in [-0.39, 0.29) is 12.5 Å². The number of rotatable bonds is 48. The van der Waals surface area contributed by atoms with Crippen molar-refractivity contribution in [2.45, 2.75) is 326 Å². The van der Waals surface area contributed by atoms with E-state index < -0.39 is 49.5 Å². The predicted octanol–water partition coefficient (Wildman–Crippen LogP) is 13.1. The second-order valence-corrected chi connectivity index (χ2v) is 19.7. The number of nitrogens with one attached hydrogen (secondary N) is 1. The predicted molar refractivity (Wildman–Crippen MR) is 263 cm³/mol. The van der Waals surface area contributed by atoms with E-state index in [2.05, 4.69) is 19.2 Å². The fourth-order valence-corrected chi connectivity index (χ4v) is 9.28. The van der Waals surface area contributed by atoms with E-state index in [1.165, 1.54) is 218 Å². The zero-order valence-corrected chi connectivity index (χ0v) is 41.6. The van der Waals surface area contributed by atoms with Gasteiger partial charge in [0.15, 0.2) is 6.29 Å². The lowest BCUT2D eigenvalue weighted by Gasteiger charge is -2.40. The topological polar surface area (TPSA) is 149 Å². The molecule has 1 rings (SSSR count). The molecule has 376 valence electrons. The average molecular weight is 898 g/mol. The Kier molecular flexibility index (Phi) is 43.0. The van der Waals surface area contributed by atoms with Crippen LogP contribution in [0.15, 0.2) is 0 Å². The number of carbonyl (C=O) groups excluding carboxylic acids is 1. The molecule has 0 aliphatic carbocycles. The maximum Gasteiger partial charge on any atom is 0.220 e. The van der Waals surface area contributed by atoms with Crippen molar-refractivity contribution in [3.05, 3.63) is 0 Å². The highest BCUT2D eigenvalue weighted by molar-refractivity contribution is 5.76. The van der Waals surface area contributed by atoms with Gasteiger partial charge in [-0.3, -0.25) is 4.79 Å². The number of amides is 1. The molecule has 1 saturated heterocycles. The standard InChI is InChI=1S/C54H107NO8/c1-3-5-7-9-11-13-15-16-17-18-19-20-21-22-23-24-25-26-27-28-29-30-31-32-34-35-37-39-41-43-48(57)47(46-62-54-53(61)52(60)51(59)49(45-56)63-54)55-50(58)44-42-40-38-36-33-14-12-10-8-6-4-2/h47-49,51-54,56-57,59-61H,3-46H2,1-2H3,(H,55,58). The Balaban J connectivity index is 2.12. The van der Waals surface area contributed by atoms with Crippen LogP contribution in [0.1, 0.15) is 284 Å². The zero-order valence-electron chi connectivity index (χ0n) is 41.6. The number of unbranched alkanes of at least 4 members (excludes halogenated alkanes) is 38. The Morgan fingerprint density at radius 2 is 0.794 bits per heavy atom. The molecule has 0 aromatic heterocycles. The van der Waals surface area contributed by atoms with Gasteiger partial charge in [0.05, 0.1) is 25.4 Å². The van der Waals surface area contributed by atoms with Gasteiger partial charge in [-0.1, -0.05) is 264 Å². The summed E-state index contributed by atoms with van der Waals surface area (Å²) < 4.78 is 11.3. The van der Waals surface area contributed by atoms with Crippen LogP contribution in [0, 0.1) is 0 Å². The molecule has 9 heteroatoms. The first-order chi connectivity index (χ1) is 30.8. The first-order valence-corrected chi connectivity index (χ1v) is 27.7. The van der Waals surface area contributed by atoms with Crippen molar-refractivity contribution in [3.8, 4) is 0 Å². The molecule has 1 heterocycles. The van der Waals surface area contributed by atoms with Crippen LogP contribution < -0.4 is 5.32 Å². The Bertz CT molecular complexity index is 955. The van der Waals surface area contributed by atoms with Gasteiger partial charge in [-0.05, 0) is 12.8 Å². The molecule has 1 aliphatic rings. The normalized spacial score (nSPS) is 20.0. The maximum absolute atomic E-state index is 13.0. The van der Waals surface area contributed by atoms with E-state index in [0.717, 1.165) is 38.5 Å². The van der Waals surface area contributed by atoms with Crippen molar-refractivity contribution in [2.75, 3.05) is 13.2 Å². The van der Waals surface area contributed by atoms with E-state index in [1.807, 2.05) is 0 Å². The van der Waals surface area contributed by atoms with Crippen LogP contribution in [0.5, 0.6) is 0 Å². The minimum atomic E-state index is -1.55. The molecule has 1 fully saturated rings. The van der Waals surface area contributed by atoms with Crippen molar-refractivity contribution < 1.29 is 39.8 Å². The quantitative estimate of drug-likeness (QED) is 0.0331. The van der Waals surface area contributed by atoms with Gasteiger partial charge >= 0.3 is 0 Å². The molecule has 7 atom stereocenters. The number of hydrogen-bond donors (Lipinski definition) is 6. The summed E-state index contributed by atoms with van der Waals surface area (Å²) in [7, 11) is 0. The second kappa shape index (κ2) is 45.0. The van der Waals surface area contributed by atoms with Gasteiger partial charge in [-0.15, -0.1) is 0 Å². The van der Waals surface area contributed by atoms with Crippen molar-refractivity contribution >= 4 is 5.91 Å². The SMILES string of the molecule is CCCCCCCCCCCCCCCCCCCCCCCCCCCCCCCC(O)C(COC1OC(CO)C(O)C(O)C1O)NC(=O)CCCCCCCCCCCCC. The molecule has 6 N–H and O–H groups in total. The zero-order chi connectivity index (χ0) is 45.9. The molecule has 1 aliphatic heterocycles. The summed E-state index contributed by atoms with van der Waals surface area (Å²) in [6.07, 6.45) is 45.8. The molecule has 63 heavy (non-hydrogen) atoms. The highest BCUT2D eigenvalue weighted by Crippen LogP contribution is 2.23. The van der Waals surface area contributed by atoms with Gasteiger partial charge in [-0.2, -0.15) is 0 Å². The van der Waals surface area contributed by atoms with Crippen LogP contribution in [0.2, 0.25) is 0 Å². The Morgan fingerprint density at radius 1 is 0.476 bits per heavy atom. The van der Waals surface area contributed by atoms with Gasteiger partial charge in [0.25, 0.3) is 0 Å². The number of carbonyl (C=O) groups is 1. The first kappa shape index (κ1) is 60.2. The maximum atomic E-state index is 13.0. The van der Waals surface area contributed by atoms with E-state index in [9.17, 15) is 30.3 Å². The Labute approximate surface area is 389 Å². The molecule has 7 unspecified atom stereocenters. The third-order valence-corrected chi connectivity index (χ3v) is 13.7. The minimum Gasteiger partial charge on any atom is -0.394 e. The third-order valence-electron chi connectivity index (χ3n) is 13.7. The van der Waals surface area contributed by atoms with Crippen LogP contribution in [-0.4, -0.2) is 87.5 Å². The molecule has 0 aromatic carbocycles. The summed E-state index contributed by atoms with van der Waals surface area (Å²) in [6, 6.07) is -0.712. The van der Waals surface area contributed by atoms with Gasteiger partial charge in [0, 0.05) is 6.42 Å². The van der Waals surface area contributed by atoms with E-state index in [0.29, 0.717) is 12.8 Å². The highest BCUT2D eigenvalue weighted by Gasteiger charge is 2.44. The third kappa shape index (κ3) is 35.1. The monoisotopic (exact) mass is 898 g/mol. The van der Waals surface area contributed by atoms with Gasteiger partial charge in [0.2, 0.25) is 5.91 Å². The van der Waals surface area contributed by atoms with Crippen LogP contribution in [-0.2, 0) is 14.3 Å². The minimum absolute atomic E-state index is 0.132. The lowest BCUT2D eigenvalue weighted by Crippen LogP contribution is -2.60. The van der Waals surface area contributed by atoms with Gasteiger partial charge in [0.1, 0.15) is 24.4 Å². The lowest BCUT2D eigenvalue weighted by molar-refractivity contribution is -0.302. The average Bonchev–Trinajstić information content (AvgIpc) is 3.28. The number of aliphatic hydroxyl groups excluding tert-OH is 5. The van der Waals surface area contributed by atoms with Crippen molar-refractivity contribution in [2.24, 2.45) is 0 Å². The number of hydrogen-bond acceptors (Lipinski definition) is 8. The van der Waals surface area contributed by atoms with Crippen LogP contribution >= 0.6 is 0 Å². The van der Waals surface area contributed by atoms with Crippen molar-refractivity contribution in [1.82, 2.24) is 5.32 Å². The smallest absolute Gasteiger partial charge is 0.220 e. The molecule has 9 nitrogen and oxygen atoms in total. The summed E-state index contributed by atoms with van der Waals surface area (Å²) in [5, 5.41) is 54.5. The van der Waals surface area contributed by atoms with Gasteiger partial charge < -0.3 is 40.3 Å². The lowest BCUT2D eigenvalue weighted by atomic mass is 9.99. The van der Waals surface area contributed by atoms with Gasteiger partial charge in [-0.25, -0.2) is 0 Å². The Hall–Kier alpha value is -0.810. The van der Waals surface area contributed by atoms with Crippen LogP contribution in [0.4, 0.5) is 0 Å². The fraction of sp³-hybridized carbons (Fsp3) is 0.981. The summed E-state index contributed by atoms with van der Waals surface area (Å²) >= 11 is 0. The molecule has 0 spiro atoms. The van der Waals surface area contributed by atoms with E-state index in [4.69, 9.17) is 9.47 Å². The molecule has 0 aromatic rings. The molecule has 0 radical (unpaired) electrons. The summed E-state index contributed by atoms with van der Waals surface area (Å²) in [6.45, 7) is 3.86. The molecule has 1 amide bonds. The van der Waals surface area contributed by atoms with E-state index in [1.54, 1.807) is 0 Å². The molecule has 0 bridgehead atoms. The molecular weight excluding hydrogens is 791 g/mol. The number of aliphatic hydroxyl groups is 5. The summed E-state index contributed by atoms with van der Waals surface area (Å²) in [4.78, 5) is 13.0. The molecule has 0 saturated carbocycles.